The van der Waals surface area contributed by atoms with E-state index in [-0.39, 0.29) is 10.4 Å². The van der Waals surface area contributed by atoms with Crippen molar-refractivity contribution in [2.24, 2.45) is 0 Å². The van der Waals surface area contributed by atoms with Crippen LogP contribution in [0.2, 0.25) is 0 Å². The van der Waals surface area contributed by atoms with Crippen molar-refractivity contribution in [3.8, 4) is 5.75 Å². The molecule has 2 aromatic carbocycles. The summed E-state index contributed by atoms with van der Waals surface area (Å²) < 4.78 is 33.5. The van der Waals surface area contributed by atoms with Gasteiger partial charge in [-0.3, -0.25) is 4.31 Å². The number of benzene rings is 2. The van der Waals surface area contributed by atoms with Crippen LogP contribution in [0.1, 0.15) is 19.4 Å². The Morgan fingerprint density at radius 1 is 1.17 bits per heavy atom. The van der Waals surface area contributed by atoms with E-state index < -0.39 is 10.0 Å². The first kappa shape index (κ1) is 16.6. The summed E-state index contributed by atoms with van der Waals surface area (Å²) in [4.78, 5) is 0.192. The quantitative estimate of drug-likeness (QED) is 0.925. The Morgan fingerprint density at radius 3 is 2.58 bits per heavy atom. The Balaban J connectivity index is 2.19. The lowest BCUT2D eigenvalue weighted by Crippen LogP contribution is -2.50. The van der Waals surface area contributed by atoms with Gasteiger partial charge in [0.1, 0.15) is 10.6 Å². The van der Waals surface area contributed by atoms with Crippen molar-refractivity contribution in [3.63, 3.8) is 0 Å². The SMILES string of the molecule is COc1ccc(C)cc1S(=O)(=O)N1CC(C)(C)Nc2ccccc21. The maximum atomic E-state index is 13.4. The minimum absolute atomic E-state index is 0.192. The standard InChI is InChI=1S/C18H22N2O3S/c1-13-9-10-16(23-4)17(11-13)24(21,22)20-12-18(2,3)19-14-7-5-6-8-15(14)20/h5-11,19H,12H2,1-4H3. The van der Waals surface area contributed by atoms with Gasteiger partial charge in [0, 0.05) is 0 Å². The van der Waals surface area contributed by atoms with Gasteiger partial charge in [0.25, 0.3) is 10.0 Å². The Hall–Kier alpha value is -2.21. The molecule has 0 spiro atoms. The molecule has 1 aliphatic rings. The number of nitrogens with one attached hydrogen (secondary N) is 1. The van der Waals surface area contributed by atoms with Gasteiger partial charge in [-0.25, -0.2) is 8.42 Å². The summed E-state index contributed by atoms with van der Waals surface area (Å²) >= 11 is 0. The molecule has 0 bridgehead atoms. The minimum Gasteiger partial charge on any atom is -0.495 e. The van der Waals surface area contributed by atoms with Crippen molar-refractivity contribution in [3.05, 3.63) is 48.0 Å². The summed E-state index contributed by atoms with van der Waals surface area (Å²) in [5.74, 6) is 0.356. The van der Waals surface area contributed by atoms with Crippen molar-refractivity contribution in [2.75, 3.05) is 23.3 Å². The number of sulfonamides is 1. The van der Waals surface area contributed by atoms with Crippen LogP contribution in [0.5, 0.6) is 5.75 Å². The first-order valence-electron chi connectivity index (χ1n) is 7.79. The van der Waals surface area contributed by atoms with Crippen LogP contribution in [-0.4, -0.2) is 27.6 Å². The van der Waals surface area contributed by atoms with Crippen LogP contribution in [0.15, 0.2) is 47.4 Å². The molecule has 3 rings (SSSR count). The van der Waals surface area contributed by atoms with E-state index in [1.807, 2.05) is 51.1 Å². The van der Waals surface area contributed by atoms with E-state index in [0.29, 0.717) is 18.0 Å². The van der Waals surface area contributed by atoms with E-state index in [1.165, 1.54) is 11.4 Å². The molecule has 5 nitrogen and oxygen atoms in total. The Labute approximate surface area is 143 Å². The topological polar surface area (TPSA) is 58.6 Å². The second-order valence-corrected chi connectivity index (χ2v) is 8.52. The first-order chi connectivity index (χ1) is 11.2. The number of methoxy groups -OCH3 is 1. The Morgan fingerprint density at radius 2 is 1.88 bits per heavy atom. The number of para-hydroxylation sites is 2. The fourth-order valence-electron chi connectivity index (χ4n) is 2.96. The summed E-state index contributed by atoms with van der Waals surface area (Å²) in [5.41, 5.74) is 1.96. The molecule has 24 heavy (non-hydrogen) atoms. The summed E-state index contributed by atoms with van der Waals surface area (Å²) in [6.07, 6.45) is 0. The highest BCUT2D eigenvalue weighted by Crippen LogP contribution is 2.39. The third kappa shape index (κ3) is 2.82. The third-order valence-electron chi connectivity index (χ3n) is 4.07. The number of ether oxygens (including phenoxy) is 1. The highest BCUT2D eigenvalue weighted by Gasteiger charge is 2.37. The van der Waals surface area contributed by atoms with Crippen molar-refractivity contribution in [2.45, 2.75) is 31.2 Å². The van der Waals surface area contributed by atoms with Gasteiger partial charge in [0.05, 0.1) is 30.6 Å². The molecule has 0 atom stereocenters. The molecule has 2 aromatic rings. The molecule has 1 N–H and O–H groups in total. The van der Waals surface area contributed by atoms with Gasteiger partial charge in [-0.15, -0.1) is 0 Å². The van der Waals surface area contributed by atoms with Crippen LogP contribution in [0.4, 0.5) is 11.4 Å². The number of hydrogen-bond donors (Lipinski definition) is 1. The first-order valence-corrected chi connectivity index (χ1v) is 9.23. The van der Waals surface area contributed by atoms with E-state index in [2.05, 4.69) is 5.32 Å². The van der Waals surface area contributed by atoms with E-state index >= 15 is 0 Å². The number of anilines is 2. The lowest BCUT2D eigenvalue weighted by atomic mass is 10.0. The number of fused-ring (bicyclic) bond motifs is 1. The highest BCUT2D eigenvalue weighted by molar-refractivity contribution is 7.93. The minimum atomic E-state index is -3.74. The predicted molar refractivity (Wildman–Crippen MR) is 96.4 cm³/mol. The second-order valence-electron chi connectivity index (χ2n) is 6.69. The molecule has 1 aliphatic heterocycles. The molecular weight excluding hydrogens is 324 g/mol. The van der Waals surface area contributed by atoms with Crippen LogP contribution in [0.25, 0.3) is 0 Å². The largest absolute Gasteiger partial charge is 0.495 e. The summed E-state index contributed by atoms with van der Waals surface area (Å²) in [6, 6.07) is 12.6. The Bertz CT molecular complexity index is 876. The molecule has 0 unspecified atom stereocenters. The summed E-state index contributed by atoms with van der Waals surface area (Å²) in [5, 5.41) is 3.39. The molecule has 6 heteroatoms. The predicted octanol–water partition coefficient (Wildman–Crippen LogP) is 3.40. The van der Waals surface area contributed by atoms with Crippen molar-refractivity contribution in [1.82, 2.24) is 0 Å². The van der Waals surface area contributed by atoms with Crippen LogP contribution in [0, 0.1) is 6.92 Å². The van der Waals surface area contributed by atoms with Crippen LogP contribution in [-0.2, 0) is 10.0 Å². The van der Waals surface area contributed by atoms with Crippen LogP contribution in [0.3, 0.4) is 0 Å². The van der Waals surface area contributed by atoms with Gasteiger partial charge in [-0.2, -0.15) is 0 Å². The van der Waals surface area contributed by atoms with Gasteiger partial charge in [-0.1, -0.05) is 18.2 Å². The van der Waals surface area contributed by atoms with Gasteiger partial charge in [0.15, 0.2) is 0 Å². The number of rotatable bonds is 3. The molecular formula is C18H22N2O3S. The number of nitrogens with zero attached hydrogens (tertiary/aromatic N) is 1. The van der Waals surface area contributed by atoms with E-state index in [0.717, 1.165) is 11.3 Å². The number of hydrogen-bond acceptors (Lipinski definition) is 4. The Kier molecular flexibility index (Phi) is 3.95. The monoisotopic (exact) mass is 346 g/mol. The van der Waals surface area contributed by atoms with Crippen molar-refractivity contribution in [1.29, 1.82) is 0 Å². The zero-order valence-corrected chi connectivity index (χ0v) is 15.1. The fraction of sp³-hybridized carbons (Fsp3) is 0.333. The zero-order valence-electron chi connectivity index (χ0n) is 14.3. The van der Waals surface area contributed by atoms with Gasteiger partial charge >= 0.3 is 0 Å². The molecule has 0 aliphatic carbocycles. The van der Waals surface area contributed by atoms with Gasteiger partial charge in [-0.05, 0) is 50.6 Å². The molecule has 0 aromatic heterocycles. The summed E-state index contributed by atoms with van der Waals surface area (Å²) in [6.45, 7) is 6.18. The maximum Gasteiger partial charge on any atom is 0.268 e. The molecule has 0 amide bonds. The van der Waals surface area contributed by atoms with Crippen LogP contribution >= 0.6 is 0 Å². The second kappa shape index (κ2) is 5.70. The smallest absolute Gasteiger partial charge is 0.268 e. The van der Waals surface area contributed by atoms with Gasteiger partial charge < -0.3 is 10.1 Å². The van der Waals surface area contributed by atoms with E-state index in [4.69, 9.17) is 4.74 Å². The molecule has 0 radical (unpaired) electrons. The molecule has 1 heterocycles. The third-order valence-corrected chi connectivity index (χ3v) is 5.85. The van der Waals surface area contributed by atoms with Crippen molar-refractivity contribution < 1.29 is 13.2 Å². The highest BCUT2D eigenvalue weighted by atomic mass is 32.2. The average Bonchev–Trinajstić information content (AvgIpc) is 2.53. The molecule has 0 saturated heterocycles. The lowest BCUT2D eigenvalue weighted by Gasteiger charge is -2.41. The molecule has 0 saturated carbocycles. The van der Waals surface area contributed by atoms with Crippen molar-refractivity contribution >= 4 is 21.4 Å². The lowest BCUT2D eigenvalue weighted by molar-refractivity contribution is 0.402. The normalized spacial score (nSPS) is 16.2. The number of aryl methyl sites for hydroxylation is 1. The van der Waals surface area contributed by atoms with E-state index in [9.17, 15) is 8.42 Å². The molecule has 0 fully saturated rings. The molecule has 128 valence electrons. The van der Waals surface area contributed by atoms with E-state index in [1.54, 1.807) is 12.1 Å². The maximum absolute atomic E-state index is 13.4. The summed E-state index contributed by atoms with van der Waals surface area (Å²) in [7, 11) is -2.26. The fourth-order valence-corrected chi connectivity index (χ4v) is 4.85. The zero-order chi connectivity index (χ0) is 17.5. The average molecular weight is 346 g/mol. The van der Waals surface area contributed by atoms with Crippen LogP contribution < -0.4 is 14.4 Å². The van der Waals surface area contributed by atoms with Gasteiger partial charge in [0.2, 0.25) is 0 Å².